The number of aliphatic hydroxyl groups excluding tert-OH is 1. The summed E-state index contributed by atoms with van der Waals surface area (Å²) in [5, 5.41) is 17.3. The fourth-order valence-corrected chi connectivity index (χ4v) is 3.78. The summed E-state index contributed by atoms with van der Waals surface area (Å²) in [6, 6.07) is 4.77. The second-order valence-corrected chi connectivity index (χ2v) is 7.86. The predicted octanol–water partition coefficient (Wildman–Crippen LogP) is 3.90. The van der Waals surface area contributed by atoms with E-state index in [1.54, 1.807) is 0 Å². The molecule has 5 nitrogen and oxygen atoms in total. The van der Waals surface area contributed by atoms with Crippen molar-refractivity contribution in [2.45, 2.75) is 49.8 Å². The number of benzene rings is 1. The van der Waals surface area contributed by atoms with Crippen LogP contribution in [0.5, 0.6) is 5.75 Å². The second kappa shape index (κ2) is 12.7. The van der Waals surface area contributed by atoms with Crippen LogP contribution in [0.4, 0.5) is 13.2 Å². The van der Waals surface area contributed by atoms with Crippen LogP contribution >= 0.6 is 35.7 Å². The van der Waals surface area contributed by atoms with Gasteiger partial charge in [-0.1, -0.05) is 0 Å². The van der Waals surface area contributed by atoms with Gasteiger partial charge in [-0.2, -0.15) is 24.9 Å². The van der Waals surface area contributed by atoms with E-state index in [0.29, 0.717) is 23.8 Å². The SMILES string of the molecule is CCNC(=NCC(O)COc1ccc(C(F)(F)F)cc1)NC1CCC(SC)C1.I. The van der Waals surface area contributed by atoms with Crippen LogP contribution in [0.2, 0.25) is 0 Å². The van der Waals surface area contributed by atoms with Crippen LogP contribution in [0.1, 0.15) is 31.7 Å². The summed E-state index contributed by atoms with van der Waals surface area (Å²) in [6.45, 7) is 2.77. The van der Waals surface area contributed by atoms with E-state index in [2.05, 4.69) is 21.9 Å². The van der Waals surface area contributed by atoms with E-state index in [1.165, 1.54) is 18.6 Å². The summed E-state index contributed by atoms with van der Waals surface area (Å²) < 4.78 is 43.0. The van der Waals surface area contributed by atoms with E-state index < -0.39 is 17.8 Å². The van der Waals surface area contributed by atoms with Crippen molar-refractivity contribution in [3.63, 3.8) is 0 Å². The van der Waals surface area contributed by atoms with Crippen molar-refractivity contribution < 1.29 is 23.0 Å². The number of aliphatic imine (C=N–C) groups is 1. The number of aliphatic hydroxyl groups is 1. The summed E-state index contributed by atoms with van der Waals surface area (Å²) >= 11 is 1.88. The molecule has 1 aromatic rings. The molecular weight excluding hydrogens is 518 g/mol. The number of thioether (sulfide) groups is 1. The lowest BCUT2D eigenvalue weighted by molar-refractivity contribution is -0.137. The number of guanidine groups is 1. The first-order valence-corrected chi connectivity index (χ1v) is 10.7. The molecule has 1 saturated carbocycles. The highest BCUT2D eigenvalue weighted by molar-refractivity contribution is 14.0. The molecule has 166 valence electrons. The van der Waals surface area contributed by atoms with Gasteiger partial charge in [-0.25, -0.2) is 0 Å². The molecular formula is C19H29F3IN3O2S. The lowest BCUT2D eigenvalue weighted by Gasteiger charge is -2.18. The van der Waals surface area contributed by atoms with Crippen LogP contribution in [-0.2, 0) is 6.18 Å². The molecule has 1 aliphatic rings. The molecule has 0 saturated heterocycles. The molecule has 0 aromatic heterocycles. The first kappa shape index (κ1) is 26.2. The predicted molar refractivity (Wildman–Crippen MR) is 122 cm³/mol. The van der Waals surface area contributed by atoms with E-state index in [-0.39, 0.29) is 42.9 Å². The zero-order valence-electron chi connectivity index (χ0n) is 16.5. The van der Waals surface area contributed by atoms with E-state index in [0.717, 1.165) is 25.0 Å². The number of alkyl halides is 3. The van der Waals surface area contributed by atoms with Crippen molar-refractivity contribution in [3.05, 3.63) is 29.8 Å². The Hall–Kier alpha value is -0.880. The van der Waals surface area contributed by atoms with Gasteiger partial charge in [0, 0.05) is 17.8 Å². The molecule has 1 fully saturated rings. The fraction of sp³-hybridized carbons (Fsp3) is 0.632. The summed E-state index contributed by atoms with van der Waals surface area (Å²) in [4.78, 5) is 4.40. The van der Waals surface area contributed by atoms with E-state index in [1.807, 2.05) is 18.7 Å². The Morgan fingerprint density at radius 3 is 2.55 bits per heavy atom. The highest BCUT2D eigenvalue weighted by Crippen LogP contribution is 2.30. The molecule has 0 bridgehead atoms. The van der Waals surface area contributed by atoms with E-state index in [9.17, 15) is 18.3 Å². The van der Waals surface area contributed by atoms with Gasteiger partial charge in [0.15, 0.2) is 5.96 Å². The smallest absolute Gasteiger partial charge is 0.416 e. The van der Waals surface area contributed by atoms with Crippen molar-refractivity contribution in [1.82, 2.24) is 10.6 Å². The molecule has 1 aliphatic carbocycles. The molecule has 0 radical (unpaired) electrons. The minimum absolute atomic E-state index is 0. The largest absolute Gasteiger partial charge is 0.491 e. The molecule has 29 heavy (non-hydrogen) atoms. The third-order valence-corrected chi connectivity index (χ3v) is 5.58. The normalized spacial score (nSPS) is 20.7. The maximum Gasteiger partial charge on any atom is 0.416 e. The molecule has 0 heterocycles. The standard InChI is InChI=1S/C19H28F3N3O2S.HI/c1-3-23-18(25-14-6-9-17(10-14)28-2)24-11-15(26)12-27-16-7-4-13(5-8-16)19(20,21)22;/h4-5,7-8,14-15,17,26H,3,6,9-12H2,1-2H3,(H2,23,24,25);1H. The third-order valence-electron chi connectivity index (χ3n) is 4.49. The topological polar surface area (TPSA) is 65.9 Å². The summed E-state index contributed by atoms with van der Waals surface area (Å²) in [6.07, 6.45) is 0.250. The average molecular weight is 547 g/mol. The minimum Gasteiger partial charge on any atom is -0.491 e. The van der Waals surface area contributed by atoms with Gasteiger partial charge >= 0.3 is 6.18 Å². The van der Waals surface area contributed by atoms with Gasteiger partial charge in [0.05, 0.1) is 12.1 Å². The van der Waals surface area contributed by atoms with Gasteiger partial charge < -0.3 is 20.5 Å². The maximum absolute atomic E-state index is 12.6. The highest BCUT2D eigenvalue weighted by Gasteiger charge is 2.30. The quantitative estimate of drug-likeness (QED) is 0.262. The molecule has 0 amide bonds. The Balaban J connectivity index is 0.00000420. The monoisotopic (exact) mass is 547 g/mol. The molecule has 3 atom stereocenters. The second-order valence-electron chi connectivity index (χ2n) is 6.72. The van der Waals surface area contributed by atoms with Crippen LogP contribution in [0.25, 0.3) is 0 Å². The van der Waals surface area contributed by atoms with Crippen LogP contribution in [0.3, 0.4) is 0 Å². The first-order chi connectivity index (χ1) is 13.3. The van der Waals surface area contributed by atoms with Gasteiger partial charge in [-0.15, -0.1) is 24.0 Å². The fourth-order valence-electron chi connectivity index (χ4n) is 2.98. The van der Waals surface area contributed by atoms with Crippen molar-refractivity contribution >= 4 is 41.7 Å². The van der Waals surface area contributed by atoms with Gasteiger partial charge in [-0.3, -0.25) is 4.99 Å². The lowest BCUT2D eigenvalue weighted by Crippen LogP contribution is -2.43. The molecule has 3 N–H and O–H groups in total. The van der Waals surface area contributed by atoms with Crippen LogP contribution in [0.15, 0.2) is 29.3 Å². The van der Waals surface area contributed by atoms with Crippen LogP contribution < -0.4 is 15.4 Å². The van der Waals surface area contributed by atoms with Gasteiger partial charge in [0.1, 0.15) is 18.5 Å². The summed E-state index contributed by atoms with van der Waals surface area (Å²) in [5.74, 6) is 0.929. The molecule has 0 aliphatic heterocycles. The van der Waals surface area contributed by atoms with Crippen LogP contribution in [-0.4, -0.2) is 54.4 Å². The Labute approximate surface area is 191 Å². The van der Waals surface area contributed by atoms with Crippen LogP contribution in [0, 0.1) is 0 Å². The van der Waals surface area contributed by atoms with Crippen molar-refractivity contribution in [2.24, 2.45) is 4.99 Å². The number of nitrogens with one attached hydrogen (secondary N) is 2. The van der Waals surface area contributed by atoms with Gasteiger partial charge in [0.2, 0.25) is 0 Å². The first-order valence-electron chi connectivity index (χ1n) is 9.37. The number of halogens is 4. The molecule has 10 heteroatoms. The summed E-state index contributed by atoms with van der Waals surface area (Å²) in [5.41, 5.74) is -0.734. The summed E-state index contributed by atoms with van der Waals surface area (Å²) in [7, 11) is 0. The molecule has 1 aromatic carbocycles. The van der Waals surface area contributed by atoms with Crippen molar-refractivity contribution in [3.8, 4) is 5.75 Å². The zero-order valence-corrected chi connectivity index (χ0v) is 19.7. The Kier molecular flexibility index (Phi) is 11.5. The Morgan fingerprint density at radius 2 is 2.00 bits per heavy atom. The van der Waals surface area contributed by atoms with Gasteiger partial charge in [0.25, 0.3) is 0 Å². The molecule has 3 unspecified atom stereocenters. The number of ether oxygens (including phenoxy) is 1. The van der Waals surface area contributed by atoms with Crippen molar-refractivity contribution in [1.29, 1.82) is 0 Å². The van der Waals surface area contributed by atoms with Gasteiger partial charge in [-0.05, 0) is 56.7 Å². The van der Waals surface area contributed by atoms with E-state index >= 15 is 0 Å². The number of nitrogens with zero attached hydrogens (tertiary/aromatic N) is 1. The minimum atomic E-state index is -4.38. The Morgan fingerprint density at radius 1 is 1.31 bits per heavy atom. The van der Waals surface area contributed by atoms with Crippen molar-refractivity contribution in [2.75, 3.05) is 26.0 Å². The zero-order chi connectivity index (χ0) is 20.6. The highest BCUT2D eigenvalue weighted by atomic mass is 127. The molecule has 2 rings (SSSR count). The average Bonchev–Trinajstić information content (AvgIpc) is 3.12. The maximum atomic E-state index is 12.6. The lowest BCUT2D eigenvalue weighted by atomic mass is 10.2. The number of rotatable bonds is 8. The molecule has 0 spiro atoms. The number of hydrogen-bond acceptors (Lipinski definition) is 4. The third kappa shape index (κ3) is 9.20. The van der Waals surface area contributed by atoms with E-state index in [4.69, 9.17) is 4.74 Å². The number of hydrogen-bond donors (Lipinski definition) is 3. The Bertz CT molecular complexity index is 632.